The first-order chi connectivity index (χ1) is 10.6. The summed E-state index contributed by atoms with van der Waals surface area (Å²) in [5, 5.41) is 22.4. The Morgan fingerprint density at radius 2 is 1.95 bits per heavy atom. The number of hydrogen-bond donors (Lipinski definition) is 2. The number of ketones is 1. The molecule has 0 saturated heterocycles. The van der Waals surface area contributed by atoms with Crippen LogP contribution < -0.4 is 4.90 Å². The number of anilines is 1. The van der Waals surface area contributed by atoms with Crippen molar-refractivity contribution in [3.8, 4) is 5.82 Å². The molecule has 0 radical (unpaired) electrons. The van der Waals surface area contributed by atoms with Crippen molar-refractivity contribution in [3.63, 3.8) is 0 Å². The topological polar surface area (TPSA) is 104 Å². The van der Waals surface area contributed by atoms with Crippen LogP contribution in [-0.4, -0.2) is 62.0 Å². The van der Waals surface area contributed by atoms with Crippen LogP contribution in [0.2, 0.25) is 0 Å². The number of carbonyl (C=O) groups excluding carboxylic acids is 1. The van der Waals surface area contributed by atoms with Crippen LogP contribution in [0.5, 0.6) is 0 Å². The minimum Gasteiger partial charge on any atom is -0.395 e. The molecule has 0 bridgehead atoms. The Morgan fingerprint density at radius 3 is 2.50 bits per heavy atom. The number of carbonyl (C=O) groups is 1. The highest BCUT2D eigenvalue weighted by Gasteiger charge is 2.14. The summed E-state index contributed by atoms with van der Waals surface area (Å²) in [5.41, 5.74) is 1.25. The number of rotatable bonds is 7. The maximum atomic E-state index is 11.5. The van der Waals surface area contributed by atoms with Gasteiger partial charge in [-0.2, -0.15) is 5.10 Å². The van der Waals surface area contributed by atoms with E-state index in [9.17, 15) is 4.79 Å². The number of hydrogen-bond acceptors (Lipinski definition) is 7. The lowest BCUT2D eigenvalue weighted by Crippen LogP contribution is -2.30. The summed E-state index contributed by atoms with van der Waals surface area (Å²) < 4.78 is 1.57. The molecule has 2 rings (SSSR count). The van der Waals surface area contributed by atoms with Crippen LogP contribution in [0.1, 0.15) is 23.0 Å². The van der Waals surface area contributed by atoms with Crippen LogP contribution in [0.25, 0.3) is 5.82 Å². The molecule has 0 atom stereocenters. The molecular weight excluding hydrogens is 286 g/mol. The Hall–Kier alpha value is -2.32. The van der Waals surface area contributed by atoms with Gasteiger partial charge in [0.25, 0.3) is 0 Å². The molecule has 0 aliphatic carbocycles. The number of aromatic nitrogens is 4. The smallest absolute Gasteiger partial charge is 0.163 e. The predicted molar refractivity (Wildman–Crippen MR) is 80.3 cm³/mol. The van der Waals surface area contributed by atoms with Crippen LogP contribution in [-0.2, 0) is 0 Å². The molecule has 2 aromatic heterocycles. The lowest BCUT2D eigenvalue weighted by Gasteiger charge is -2.21. The third kappa shape index (κ3) is 3.29. The van der Waals surface area contributed by atoms with E-state index in [1.807, 2.05) is 0 Å². The zero-order valence-electron chi connectivity index (χ0n) is 12.6. The highest BCUT2D eigenvalue weighted by Crippen LogP contribution is 2.16. The Balaban J connectivity index is 2.37. The van der Waals surface area contributed by atoms with Crippen molar-refractivity contribution in [1.82, 2.24) is 19.7 Å². The van der Waals surface area contributed by atoms with Crippen LogP contribution in [0.15, 0.2) is 18.6 Å². The van der Waals surface area contributed by atoms with Crippen molar-refractivity contribution in [2.24, 2.45) is 0 Å². The standard InChI is InChI=1S/C14H19N5O3/c1-10-12(11(2)22)8-17-19(10)14-7-13(15-9-16-14)18(3-5-20)4-6-21/h7-9,20-21H,3-6H2,1-2H3. The summed E-state index contributed by atoms with van der Waals surface area (Å²) in [5.74, 6) is 1.04. The van der Waals surface area contributed by atoms with Gasteiger partial charge in [0.15, 0.2) is 11.6 Å². The first kappa shape index (κ1) is 16.1. The molecule has 0 aromatic carbocycles. The highest BCUT2D eigenvalue weighted by molar-refractivity contribution is 5.95. The van der Waals surface area contributed by atoms with Crippen LogP contribution in [0, 0.1) is 6.92 Å². The number of nitrogens with zero attached hydrogens (tertiary/aromatic N) is 5. The summed E-state index contributed by atoms with van der Waals surface area (Å²) in [6.45, 7) is 3.90. The van der Waals surface area contributed by atoms with Crippen molar-refractivity contribution in [2.75, 3.05) is 31.2 Å². The average Bonchev–Trinajstić information content (AvgIpc) is 2.89. The summed E-state index contributed by atoms with van der Waals surface area (Å²) in [6.07, 6.45) is 2.90. The zero-order chi connectivity index (χ0) is 16.1. The first-order valence-corrected chi connectivity index (χ1v) is 6.93. The van der Waals surface area contributed by atoms with Gasteiger partial charge in [0.2, 0.25) is 0 Å². The Labute approximate surface area is 128 Å². The Kier molecular flexibility index (Phi) is 5.18. The molecule has 0 aliphatic rings. The van der Waals surface area contributed by atoms with Gasteiger partial charge in [-0.25, -0.2) is 14.6 Å². The van der Waals surface area contributed by atoms with E-state index in [4.69, 9.17) is 10.2 Å². The molecule has 22 heavy (non-hydrogen) atoms. The lowest BCUT2D eigenvalue weighted by atomic mass is 10.2. The van der Waals surface area contributed by atoms with Gasteiger partial charge in [-0.15, -0.1) is 0 Å². The van der Waals surface area contributed by atoms with Crippen molar-refractivity contribution in [2.45, 2.75) is 13.8 Å². The molecule has 0 saturated carbocycles. The summed E-state index contributed by atoms with van der Waals surface area (Å²) in [7, 11) is 0. The molecule has 0 fully saturated rings. The fraction of sp³-hybridized carbons (Fsp3) is 0.429. The second-order valence-corrected chi connectivity index (χ2v) is 4.78. The average molecular weight is 305 g/mol. The molecule has 8 nitrogen and oxygen atoms in total. The molecule has 2 heterocycles. The third-order valence-electron chi connectivity index (χ3n) is 3.31. The minimum absolute atomic E-state index is 0.0470. The van der Waals surface area contributed by atoms with Crippen molar-refractivity contribution >= 4 is 11.6 Å². The summed E-state index contributed by atoms with van der Waals surface area (Å²) >= 11 is 0. The van der Waals surface area contributed by atoms with Crippen LogP contribution >= 0.6 is 0 Å². The number of Topliss-reactive ketones (excluding diaryl/α,β-unsaturated/α-hetero) is 1. The van der Waals surface area contributed by atoms with Gasteiger partial charge < -0.3 is 15.1 Å². The molecule has 118 valence electrons. The van der Waals surface area contributed by atoms with Gasteiger partial charge in [0.05, 0.1) is 30.7 Å². The minimum atomic E-state index is -0.0554. The van der Waals surface area contributed by atoms with Crippen molar-refractivity contribution in [3.05, 3.63) is 29.8 Å². The molecule has 0 aliphatic heterocycles. The zero-order valence-corrected chi connectivity index (χ0v) is 12.6. The quantitative estimate of drug-likeness (QED) is 0.692. The largest absolute Gasteiger partial charge is 0.395 e. The SMILES string of the molecule is CC(=O)c1cnn(-c2cc(N(CCO)CCO)ncn2)c1C. The van der Waals surface area contributed by atoms with Gasteiger partial charge >= 0.3 is 0 Å². The van der Waals surface area contributed by atoms with Gasteiger partial charge in [-0.1, -0.05) is 0 Å². The molecule has 2 aromatic rings. The molecule has 8 heteroatoms. The monoisotopic (exact) mass is 305 g/mol. The predicted octanol–water partition coefficient (Wildman–Crippen LogP) is -0.0357. The molecule has 0 unspecified atom stereocenters. The third-order valence-corrected chi connectivity index (χ3v) is 3.31. The lowest BCUT2D eigenvalue weighted by molar-refractivity contribution is 0.101. The van der Waals surface area contributed by atoms with E-state index in [-0.39, 0.29) is 19.0 Å². The second-order valence-electron chi connectivity index (χ2n) is 4.78. The summed E-state index contributed by atoms with van der Waals surface area (Å²) in [6, 6.07) is 1.70. The van der Waals surface area contributed by atoms with Crippen LogP contribution in [0.3, 0.4) is 0 Å². The molecular formula is C14H19N5O3. The van der Waals surface area contributed by atoms with E-state index in [0.29, 0.717) is 36.0 Å². The Bertz CT molecular complexity index is 650. The van der Waals surface area contributed by atoms with Crippen molar-refractivity contribution < 1.29 is 15.0 Å². The van der Waals surface area contributed by atoms with E-state index >= 15 is 0 Å². The first-order valence-electron chi connectivity index (χ1n) is 6.93. The van der Waals surface area contributed by atoms with E-state index in [1.54, 1.807) is 22.6 Å². The number of aliphatic hydroxyl groups is 2. The fourth-order valence-electron chi connectivity index (χ4n) is 2.19. The number of aliphatic hydroxyl groups excluding tert-OH is 2. The van der Waals surface area contributed by atoms with E-state index in [2.05, 4.69) is 15.1 Å². The maximum absolute atomic E-state index is 11.5. The van der Waals surface area contributed by atoms with E-state index < -0.39 is 0 Å². The molecule has 0 spiro atoms. The fourth-order valence-corrected chi connectivity index (χ4v) is 2.19. The van der Waals surface area contributed by atoms with Gasteiger partial charge in [-0.05, 0) is 13.8 Å². The van der Waals surface area contributed by atoms with Gasteiger partial charge in [-0.3, -0.25) is 4.79 Å². The maximum Gasteiger partial charge on any atom is 0.163 e. The molecule has 0 amide bonds. The van der Waals surface area contributed by atoms with Gasteiger partial charge in [0.1, 0.15) is 12.1 Å². The molecule has 2 N–H and O–H groups in total. The Morgan fingerprint density at radius 1 is 1.27 bits per heavy atom. The van der Waals surface area contributed by atoms with E-state index in [1.165, 1.54) is 19.4 Å². The van der Waals surface area contributed by atoms with Crippen LogP contribution in [0.4, 0.5) is 5.82 Å². The van der Waals surface area contributed by atoms with Gasteiger partial charge in [0, 0.05) is 19.2 Å². The van der Waals surface area contributed by atoms with E-state index in [0.717, 1.165) is 0 Å². The van der Waals surface area contributed by atoms with Crippen molar-refractivity contribution in [1.29, 1.82) is 0 Å². The normalized spacial score (nSPS) is 10.7. The highest BCUT2D eigenvalue weighted by atomic mass is 16.3. The second kappa shape index (κ2) is 7.10. The summed E-state index contributed by atoms with van der Waals surface area (Å²) in [4.78, 5) is 21.6.